The fraction of sp³-hybridized carbons (Fsp3) is 0.296. The minimum Gasteiger partial charge on any atom is -0.351 e. The summed E-state index contributed by atoms with van der Waals surface area (Å²) in [6, 6.07) is 8.21. The first kappa shape index (κ1) is 32.3. The van der Waals surface area contributed by atoms with Crippen molar-refractivity contribution in [2.45, 2.75) is 42.7 Å². The highest BCUT2D eigenvalue weighted by Gasteiger charge is 2.24. The number of rotatable bonds is 7. The monoisotopic (exact) mass is 628 g/mol. The average molecular weight is 630 g/mol. The van der Waals surface area contributed by atoms with Gasteiger partial charge >= 0.3 is 0 Å². The number of nitrogens with one attached hydrogen (secondary N) is 2. The molecule has 41 heavy (non-hydrogen) atoms. The minimum absolute atomic E-state index is 0. The van der Waals surface area contributed by atoms with Crippen LogP contribution in [-0.4, -0.2) is 54.4 Å². The van der Waals surface area contributed by atoms with Gasteiger partial charge in [-0.25, -0.2) is 31.6 Å². The van der Waals surface area contributed by atoms with Gasteiger partial charge in [0.15, 0.2) is 5.82 Å². The molecule has 0 amide bonds. The first-order chi connectivity index (χ1) is 18.6. The Kier molecular flexibility index (Phi) is 10.4. The molecule has 2 aromatic carbocycles. The highest BCUT2D eigenvalue weighted by molar-refractivity contribution is 7.92. The van der Waals surface area contributed by atoms with Gasteiger partial charge in [-0.05, 0) is 75.7 Å². The van der Waals surface area contributed by atoms with Gasteiger partial charge in [-0.3, -0.25) is 9.71 Å². The molecule has 2 N–H and O–H groups in total. The molecule has 0 spiro atoms. The first-order valence-electron chi connectivity index (χ1n) is 12.4. The average Bonchev–Trinajstić information content (AvgIpc) is 2.91. The van der Waals surface area contributed by atoms with Crippen LogP contribution in [0.15, 0.2) is 59.9 Å². The Balaban J connectivity index is 0.00000231. The lowest BCUT2D eigenvalue weighted by Crippen LogP contribution is -2.36. The van der Waals surface area contributed by atoms with E-state index in [2.05, 4.69) is 39.3 Å². The highest BCUT2D eigenvalue weighted by Crippen LogP contribution is 2.33. The predicted molar refractivity (Wildman–Crippen MR) is 158 cm³/mol. The molecular weight excluding hydrogens is 600 g/mol. The van der Waals surface area contributed by atoms with Gasteiger partial charge in [0.05, 0.1) is 23.0 Å². The number of pyridine rings is 1. The number of anilines is 2. The lowest BCUT2D eigenvalue weighted by molar-refractivity contribution is 0.221. The molecule has 220 valence electrons. The highest BCUT2D eigenvalue weighted by atomic mass is 35.5. The van der Waals surface area contributed by atoms with Gasteiger partial charge < -0.3 is 10.2 Å². The fourth-order valence-corrected chi connectivity index (χ4v) is 5.85. The van der Waals surface area contributed by atoms with E-state index < -0.39 is 43.6 Å². The van der Waals surface area contributed by atoms with Gasteiger partial charge in [-0.15, -0.1) is 24.8 Å². The van der Waals surface area contributed by atoms with Crippen LogP contribution >= 0.6 is 24.8 Å². The third kappa shape index (κ3) is 7.18. The lowest BCUT2D eigenvalue weighted by atomic mass is 9.91. The second-order valence-corrected chi connectivity index (χ2v) is 11.5. The maximum absolute atomic E-state index is 15.4. The molecule has 0 aliphatic heterocycles. The summed E-state index contributed by atoms with van der Waals surface area (Å²) in [6.07, 6.45) is 7.55. The molecule has 0 radical (unpaired) electrons. The SMILES string of the molecule is CN(C)[C@H]1CC[C@@H](Nc2ncc3cc(-c4c(F)ccc(NS(=O)(=O)c5cncc(F)c5)c4F)ccc3n2)CC1.Cl.Cl. The molecule has 1 fully saturated rings. The summed E-state index contributed by atoms with van der Waals surface area (Å²) in [5, 5.41) is 3.95. The van der Waals surface area contributed by atoms with E-state index in [4.69, 9.17) is 0 Å². The van der Waals surface area contributed by atoms with Crippen molar-refractivity contribution >= 4 is 57.4 Å². The maximum atomic E-state index is 15.4. The maximum Gasteiger partial charge on any atom is 0.263 e. The smallest absolute Gasteiger partial charge is 0.263 e. The largest absolute Gasteiger partial charge is 0.351 e. The summed E-state index contributed by atoms with van der Waals surface area (Å²) in [4.78, 5) is 14.2. The van der Waals surface area contributed by atoms with Gasteiger partial charge in [-0.1, -0.05) is 6.07 Å². The molecule has 2 aromatic heterocycles. The Labute approximate surface area is 248 Å². The van der Waals surface area contributed by atoms with Crippen LogP contribution in [0.5, 0.6) is 0 Å². The van der Waals surface area contributed by atoms with E-state index in [1.54, 1.807) is 12.3 Å². The molecule has 0 atom stereocenters. The minimum atomic E-state index is -4.37. The van der Waals surface area contributed by atoms with E-state index >= 15 is 4.39 Å². The van der Waals surface area contributed by atoms with Crippen molar-refractivity contribution in [1.82, 2.24) is 19.9 Å². The fourth-order valence-electron chi connectivity index (χ4n) is 4.82. The summed E-state index contributed by atoms with van der Waals surface area (Å²) >= 11 is 0. The lowest BCUT2D eigenvalue weighted by Gasteiger charge is -2.32. The standard InChI is InChI=1S/C27H27F3N6O2S.2ClH/c1-36(2)20-6-4-19(5-7-20)33-27-32-13-17-11-16(3-9-23(17)34-27)25-22(29)8-10-24(26(25)30)35-39(37,38)21-12-18(28)14-31-15-21;;/h3,8-15,19-20,35H,4-7H2,1-2H3,(H,32,33,34);2*1H/t19-,20+;;. The quantitative estimate of drug-likeness (QED) is 0.257. The van der Waals surface area contributed by atoms with E-state index in [0.717, 1.165) is 56.3 Å². The Morgan fingerprint density at radius 3 is 2.34 bits per heavy atom. The van der Waals surface area contributed by atoms with E-state index in [0.29, 0.717) is 22.9 Å². The first-order valence-corrected chi connectivity index (χ1v) is 13.9. The summed E-state index contributed by atoms with van der Waals surface area (Å²) < 4.78 is 71.0. The van der Waals surface area contributed by atoms with Crippen molar-refractivity contribution < 1.29 is 21.6 Å². The Morgan fingerprint density at radius 1 is 0.927 bits per heavy atom. The second kappa shape index (κ2) is 13.2. The van der Waals surface area contributed by atoms with Crippen LogP contribution in [0, 0.1) is 17.5 Å². The van der Waals surface area contributed by atoms with Crippen molar-refractivity contribution in [3.63, 3.8) is 0 Å². The zero-order chi connectivity index (χ0) is 27.7. The zero-order valence-electron chi connectivity index (χ0n) is 22.1. The van der Waals surface area contributed by atoms with Gasteiger partial charge in [0, 0.05) is 29.9 Å². The molecular formula is C27H29Cl2F3N6O2S. The summed E-state index contributed by atoms with van der Waals surface area (Å²) in [5.74, 6) is -2.37. The molecule has 14 heteroatoms. The van der Waals surface area contributed by atoms with E-state index in [-0.39, 0.29) is 36.4 Å². The van der Waals surface area contributed by atoms with Crippen LogP contribution in [-0.2, 0) is 10.0 Å². The Morgan fingerprint density at radius 2 is 1.66 bits per heavy atom. The van der Waals surface area contributed by atoms with E-state index in [9.17, 15) is 17.2 Å². The Hall–Kier alpha value is -3.19. The van der Waals surface area contributed by atoms with Crippen LogP contribution in [0.3, 0.4) is 0 Å². The number of halogens is 5. The molecule has 2 heterocycles. The number of fused-ring (bicyclic) bond motifs is 1. The number of hydrogen-bond acceptors (Lipinski definition) is 7. The molecule has 0 bridgehead atoms. The number of benzene rings is 2. The van der Waals surface area contributed by atoms with Crippen molar-refractivity contribution in [2.75, 3.05) is 24.1 Å². The van der Waals surface area contributed by atoms with Gasteiger partial charge in [-0.2, -0.15) is 0 Å². The second-order valence-electron chi connectivity index (χ2n) is 9.81. The number of nitrogens with zero attached hydrogens (tertiary/aromatic N) is 4. The van der Waals surface area contributed by atoms with Crippen LogP contribution in [0.25, 0.3) is 22.0 Å². The van der Waals surface area contributed by atoms with Crippen LogP contribution < -0.4 is 10.0 Å². The summed E-state index contributed by atoms with van der Waals surface area (Å²) in [6.45, 7) is 0. The summed E-state index contributed by atoms with van der Waals surface area (Å²) in [7, 11) is -0.187. The number of sulfonamides is 1. The van der Waals surface area contributed by atoms with Crippen molar-refractivity contribution in [3.05, 3.63) is 72.4 Å². The normalized spacial score (nSPS) is 17.0. The molecule has 8 nitrogen and oxygen atoms in total. The van der Waals surface area contributed by atoms with Crippen molar-refractivity contribution in [1.29, 1.82) is 0 Å². The van der Waals surface area contributed by atoms with Gasteiger partial charge in [0.1, 0.15) is 16.5 Å². The van der Waals surface area contributed by atoms with E-state index in [1.807, 2.05) is 4.72 Å². The van der Waals surface area contributed by atoms with E-state index in [1.165, 1.54) is 12.1 Å². The van der Waals surface area contributed by atoms with Crippen LogP contribution in [0.2, 0.25) is 0 Å². The molecule has 0 saturated heterocycles. The topological polar surface area (TPSA) is 100 Å². The molecule has 1 aliphatic carbocycles. The molecule has 5 rings (SSSR count). The molecule has 0 unspecified atom stereocenters. The number of hydrogen-bond donors (Lipinski definition) is 2. The summed E-state index contributed by atoms with van der Waals surface area (Å²) in [5.41, 5.74) is -0.142. The molecule has 4 aromatic rings. The van der Waals surface area contributed by atoms with Crippen molar-refractivity contribution in [3.8, 4) is 11.1 Å². The van der Waals surface area contributed by atoms with Gasteiger partial charge in [0.2, 0.25) is 5.95 Å². The van der Waals surface area contributed by atoms with Crippen molar-refractivity contribution in [2.24, 2.45) is 0 Å². The number of aromatic nitrogens is 3. The van der Waals surface area contributed by atoms with Gasteiger partial charge in [0.25, 0.3) is 10.0 Å². The third-order valence-electron chi connectivity index (χ3n) is 6.95. The van der Waals surface area contributed by atoms with Crippen LogP contribution in [0.1, 0.15) is 25.7 Å². The molecule has 1 saturated carbocycles. The third-order valence-corrected chi connectivity index (χ3v) is 8.29. The molecule has 1 aliphatic rings. The zero-order valence-corrected chi connectivity index (χ0v) is 24.6. The Bertz CT molecular complexity index is 1640. The van der Waals surface area contributed by atoms with Crippen LogP contribution in [0.4, 0.5) is 24.8 Å². The predicted octanol–water partition coefficient (Wildman–Crippen LogP) is 6.04.